The zero-order valence-corrected chi connectivity index (χ0v) is 10.2. The monoisotopic (exact) mass is 228 g/mol. The molecule has 0 amide bonds. The van der Waals surface area contributed by atoms with Crippen molar-refractivity contribution in [1.29, 1.82) is 0 Å². The third kappa shape index (κ3) is 1.99. The Morgan fingerprint density at radius 3 is 2.62 bits per heavy atom. The summed E-state index contributed by atoms with van der Waals surface area (Å²) in [6.07, 6.45) is 3.07. The van der Waals surface area contributed by atoms with Crippen LogP contribution in [0.4, 0.5) is 0 Å². The van der Waals surface area contributed by atoms with Crippen molar-refractivity contribution in [3.63, 3.8) is 0 Å². The number of hydrogen-bond acceptors (Lipinski definition) is 4. The maximum Gasteiger partial charge on any atom is 0.0681 e. The number of aliphatic hydroxyl groups is 1. The fourth-order valence-electron chi connectivity index (χ4n) is 3.19. The molecule has 1 heterocycles. The number of nitrogens with zero attached hydrogens (tertiary/aromatic N) is 1. The Balaban J connectivity index is 1.89. The molecule has 0 radical (unpaired) electrons. The van der Waals surface area contributed by atoms with Gasteiger partial charge in [0.05, 0.1) is 12.2 Å². The second-order valence-corrected chi connectivity index (χ2v) is 5.06. The van der Waals surface area contributed by atoms with Gasteiger partial charge in [0.15, 0.2) is 0 Å². The molecule has 2 unspecified atom stereocenters. The molecule has 2 rings (SSSR count). The summed E-state index contributed by atoms with van der Waals surface area (Å²) >= 11 is 0. The highest BCUT2D eigenvalue weighted by molar-refractivity contribution is 5.06. The molecular formula is C12H24N2O2. The van der Waals surface area contributed by atoms with E-state index in [4.69, 9.17) is 10.5 Å². The predicted molar refractivity (Wildman–Crippen MR) is 63.2 cm³/mol. The minimum atomic E-state index is -0.149. The molecule has 1 aliphatic carbocycles. The van der Waals surface area contributed by atoms with Crippen LogP contribution < -0.4 is 5.73 Å². The molecule has 3 N–H and O–H groups in total. The van der Waals surface area contributed by atoms with Gasteiger partial charge in [-0.2, -0.15) is 0 Å². The molecule has 94 valence electrons. The van der Waals surface area contributed by atoms with E-state index in [0.717, 1.165) is 52.0 Å². The number of likely N-dealkylation sites (tertiary alicyclic amines) is 1. The lowest BCUT2D eigenvalue weighted by molar-refractivity contribution is -0.209. The van der Waals surface area contributed by atoms with Crippen LogP contribution in [0.15, 0.2) is 0 Å². The number of rotatable bonds is 4. The van der Waals surface area contributed by atoms with Crippen LogP contribution in [0, 0.1) is 5.41 Å². The van der Waals surface area contributed by atoms with E-state index < -0.39 is 0 Å². The summed E-state index contributed by atoms with van der Waals surface area (Å²) in [6.45, 7) is 6.60. The van der Waals surface area contributed by atoms with Crippen molar-refractivity contribution in [3.05, 3.63) is 0 Å². The highest BCUT2D eigenvalue weighted by Gasteiger charge is 2.55. The maximum absolute atomic E-state index is 10.0. The van der Waals surface area contributed by atoms with Crippen molar-refractivity contribution < 1.29 is 9.84 Å². The van der Waals surface area contributed by atoms with Gasteiger partial charge in [-0.1, -0.05) is 0 Å². The normalized spacial score (nSPS) is 33.9. The summed E-state index contributed by atoms with van der Waals surface area (Å²) in [6, 6.07) is 0. The first-order valence-electron chi connectivity index (χ1n) is 6.45. The summed E-state index contributed by atoms with van der Waals surface area (Å²) in [5.41, 5.74) is 5.62. The van der Waals surface area contributed by atoms with Gasteiger partial charge in [0.25, 0.3) is 0 Å². The number of ether oxygens (including phenoxy) is 1. The molecule has 0 bridgehead atoms. The lowest BCUT2D eigenvalue weighted by atomic mass is 9.58. The third-order valence-electron chi connectivity index (χ3n) is 4.34. The van der Waals surface area contributed by atoms with E-state index >= 15 is 0 Å². The fraction of sp³-hybridized carbons (Fsp3) is 1.00. The van der Waals surface area contributed by atoms with E-state index in [2.05, 4.69) is 4.90 Å². The van der Waals surface area contributed by atoms with Crippen LogP contribution in [0.3, 0.4) is 0 Å². The zero-order chi connectivity index (χ0) is 11.6. The van der Waals surface area contributed by atoms with Crippen LogP contribution >= 0.6 is 0 Å². The van der Waals surface area contributed by atoms with Gasteiger partial charge in [-0.3, -0.25) is 0 Å². The van der Waals surface area contributed by atoms with Gasteiger partial charge in [-0.05, 0) is 32.9 Å². The molecule has 0 aromatic heterocycles. The van der Waals surface area contributed by atoms with Gasteiger partial charge in [-0.15, -0.1) is 0 Å². The van der Waals surface area contributed by atoms with Crippen LogP contribution in [0.5, 0.6) is 0 Å². The molecule has 0 aromatic rings. The minimum absolute atomic E-state index is 0.0567. The van der Waals surface area contributed by atoms with Crippen molar-refractivity contribution in [2.75, 3.05) is 32.8 Å². The van der Waals surface area contributed by atoms with Crippen molar-refractivity contribution in [2.24, 2.45) is 11.1 Å². The summed E-state index contributed by atoms with van der Waals surface area (Å²) in [5, 5.41) is 10.0. The molecule has 1 aliphatic heterocycles. The Kier molecular flexibility index (Phi) is 3.85. The largest absolute Gasteiger partial charge is 0.392 e. The summed E-state index contributed by atoms with van der Waals surface area (Å²) in [5.74, 6) is 0. The van der Waals surface area contributed by atoms with Crippen LogP contribution in [0.1, 0.15) is 26.2 Å². The first-order valence-corrected chi connectivity index (χ1v) is 6.45. The lowest BCUT2D eigenvalue weighted by Crippen LogP contribution is -2.62. The second kappa shape index (κ2) is 5.00. The van der Waals surface area contributed by atoms with Crippen LogP contribution in [0.25, 0.3) is 0 Å². The molecule has 4 heteroatoms. The summed E-state index contributed by atoms with van der Waals surface area (Å²) in [4.78, 5) is 2.39. The first kappa shape index (κ1) is 12.3. The second-order valence-electron chi connectivity index (χ2n) is 5.06. The van der Waals surface area contributed by atoms with Gasteiger partial charge in [0.1, 0.15) is 0 Å². The SMILES string of the molecule is CCOC1CC(O)C12CCN(CCN)CC2. The molecule has 2 fully saturated rings. The van der Waals surface area contributed by atoms with Crippen molar-refractivity contribution in [1.82, 2.24) is 4.90 Å². The number of hydrogen-bond donors (Lipinski definition) is 2. The van der Waals surface area contributed by atoms with Gasteiger partial charge in [0.2, 0.25) is 0 Å². The van der Waals surface area contributed by atoms with Crippen LogP contribution in [-0.4, -0.2) is 55.0 Å². The zero-order valence-electron chi connectivity index (χ0n) is 10.2. The Labute approximate surface area is 97.7 Å². The Hall–Kier alpha value is -0.160. The number of aliphatic hydroxyl groups excluding tert-OH is 1. The van der Waals surface area contributed by atoms with Gasteiger partial charge in [-0.25, -0.2) is 0 Å². The number of piperidine rings is 1. The van der Waals surface area contributed by atoms with E-state index in [0.29, 0.717) is 0 Å². The Morgan fingerprint density at radius 2 is 2.12 bits per heavy atom. The Morgan fingerprint density at radius 1 is 1.44 bits per heavy atom. The average molecular weight is 228 g/mol. The molecule has 16 heavy (non-hydrogen) atoms. The van der Waals surface area contributed by atoms with Crippen LogP contribution in [0.2, 0.25) is 0 Å². The van der Waals surface area contributed by atoms with Crippen molar-refractivity contribution >= 4 is 0 Å². The lowest BCUT2D eigenvalue weighted by Gasteiger charge is -2.56. The first-order chi connectivity index (χ1) is 7.73. The third-order valence-corrected chi connectivity index (χ3v) is 4.34. The molecular weight excluding hydrogens is 204 g/mol. The molecule has 4 nitrogen and oxygen atoms in total. The molecule has 2 aliphatic rings. The van der Waals surface area contributed by atoms with Crippen molar-refractivity contribution in [2.45, 2.75) is 38.4 Å². The predicted octanol–water partition coefficient (Wildman–Crippen LogP) is 0.197. The van der Waals surface area contributed by atoms with Gasteiger partial charge < -0.3 is 20.5 Å². The highest BCUT2D eigenvalue weighted by atomic mass is 16.5. The summed E-state index contributed by atoms with van der Waals surface area (Å²) in [7, 11) is 0. The van der Waals surface area contributed by atoms with Gasteiger partial charge in [0, 0.05) is 31.5 Å². The van der Waals surface area contributed by atoms with Crippen LogP contribution in [-0.2, 0) is 4.74 Å². The Bertz CT molecular complexity index is 225. The molecule has 1 saturated carbocycles. The van der Waals surface area contributed by atoms with E-state index in [1.54, 1.807) is 0 Å². The minimum Gasteiger partial charge on any atom is -0.392 e. The average Bonchev–Trinajstić information content (AvgIpc) is 2.30. The molecule has 0 aromatic carbocycles. The topological polar surface area (TPSA) is 58.7 Å². The quantitative estimate of drug-likeness (QED) is 0.721. The van der Waals surface area contributed by atoms with Crippen molar-refractivity contribution in [3.8, 4) is 0 Å². The number of nitrogens with two attached hydrogens (primary N) is 1. The van der Waals surface area contributed by atoms with E-state index in [9.17, 15) is 5.11 Å². The fourth-order valence-corrected chi connectivity index (χ4v) is 3.19. The molecule has 1 saturated heterocycles. The molecule has 2 atom stereocenters. The smallest absolute Gasteiger partial charge is 0.0681 e. The van der Waals surface area contributed by atoms with E-state index in [1.807, 2.05) is 6.92 Å². The van der Waals surface area contributed by atoms with Gasteiger partial charge >= 0.3 is 0 Å². The molecule has 1 spiro atoms. The summed E-state index contributed by atoms with van der Waals surface area (Å²) < 4.78 is 5.73. The van der Waals surface area contributed by atoms with E-state index in [-0.39, 0.29) is 17.6 Å². The maximum atomic E-state index is 10.0. The van der Waals surface area contributed by atoms with E-state index in [1.165, 1.54) is 0 Å². The standard InChI is InChI=1S/C12H24N2O2/c1-2-16-11-9-10(15)12(11)3-6-14(7-4-12)8-5-13/h10-11,15H,2-9,13H2,1H3. The highest BCUT2D eigenvalue weighted by Crippen LogP contribution is 2.50.